The van der Waals surface area contributed by atoms with Crippen LogP contribution in [0.5, 0.6) is 0 Å². The van der Waals surface area contributed by atoms with Crippen LogP contribution >= 0.6 is 11.6 Å². The van der Waals surface area contributed by atoms with Crippen LogP contribution in [-0.4, -0.2) is 60.6 Å². The number of anilines is 1. The zero-order chi connectivity index (χ0) is 16.4. The molecule has 6 heteroatoms. The lowest BCUT2D eigenvalue weighted by Crippen LogP contribution is -2.49. The lowest BCUT2D eigenvalue weighted by molar-refractivity contribution is 0.123. The third-order valence-electron chi connectivity index (χ3n) is 4.55. The highest BCUT2D eigenvalue weighted by atomic mass is 35.5. The quantitative estimate of drug-likeness (QED) is 0.929. The van der Waals surface area contributed by atoms with Gasteiger partial charge in [-0.15, -0.1) is 0 Å². The van der Waals surface area contributed by atoms with Crippen molar-refractivity contribution in [2.24, 2.45) is 0 Å². The van der Waals surface area contributed by atoms with Crippen LogP contribution < -0.4 is 5.32 Å². The van der Waals surface area contributed by atoms with E-state index in [0.717, 1.165) is 26.2 Å². The monoisotopic (exact) mass is 336 g/mol. The van der Waals surface area contributed by atoms with Crippen molar-refractivity contribution in [2.45, 2.75) is 13.0 Å². The number of fused-ring (bicyclic) bond motifs is 1. The van der Waals surface area contributed by atoms with Gasteiger partial charge >= 0.3 is 0 Å². The van der Waals surface area contributed by atoms with E-state index in [1.54, 1.807) is 12.1 Å². The number of nitrogens with zero attached hydrogens (tertiary/aromatic N) is 3. The lowest BCUT2D eigenvalue weighted by Gasteiger charge is -2.36. The van der Waals surface area contributed by atoms with Crippen LogP contribution in [0, 0.1) is 5.82 Å². The molecular weight excluding hydrogens is 315 g/mol. The van der Waals surface area contributed by atoms with Crippen LogP contribution in [0.4, 0.5) is 10.1 Å². The molecule has 1 aromatic carbocycles. The lowest BCUT2D eigenvalue weighted by atomic mass is 10.1. The van der Waals surface area contributed by atoms with Crippen LogP contribution in [0.3, 0.4) is 0 Å². The zero-order valence-corrected chi connectivity index (χ0v) is 14.3. The molecular formula is C17H22ClFN4. The van der Waals surface area contributed by atoms with E-state index in [9.17, 15) is 4.39 Å². The number of nitrogens with one attached hydrogen (secondary N) is 1. The molecule has 4 nitrogen and oxygen atoms in total. The first-order chi connectivity index (χ1) is 11.1. The topological polar surface area (TPSA) is 31.4 Å². The minimum atomic E-state index is -0.337. The van der Waals surface area contributed by atoms with Crippen molar-refractivity contribution in [2.75, 3.05) is 45.1 Å². The summed E-state index contributed by atoms with van der Waals surface area (Å²) in [6, 6.07) is 5.58. The minimum absolute atomic E-state index is 0.315. The maximum absolute atomic E-state index is 14.6. The third-order valence-corrected chi connectivity index (χ3v) is 4.88. The molecule has 1 saturated heterocycles. The third kappa shape index (κ3) is 3.57. The van der Waals surface area contributed by atoms with Crippen molar-refractivity contribution >= 4 is 28.2 Å². The van der Waals surface area contributed by atoms with Crippen molar-refractivity contribution in [1.82, 2.24) is 14.8 Å². The molecule has 1 unspecified atom stereocenters. The van der Waals surface area contributed by atoms with Gasteiger partial charge in [0.25, 0.3) is 0 Å². The van der Waals surface area contributed by atoms with Gasteiger partial charge in [0.1, 0.15) is 5.52 Å². The van der Waals surface area contributed by atoms with Crippen molar-refractivity contribution in [3.8, 4) is 0 Å². The molecule has 1 aliphatic rings. The fourth-order valence-corrected chi connectivity index (χ4v) is 3.15. The van der Waals surface area contributed by atoms with Gasteiger partial charge in [0.2, 0.25) is 0 Å². The second-order valence-corrected chi connectivity index (χ2v) is 6.59. The van der Waals surface area contributed by atoms with Gasteiger partial charge in [0, 0.05) is 50.3 Å². The van der Waals surface area contributed by atoms with E-state index in [0.29, 0.717) is 34.2 Å². The number of likely N-dealkylation sites (N-methyl/N-ethyl adjacent to an activating group) is 1. The summed E-state index contributed by atoms with van der Waals surface area (Å²) in [5, 5.41) is 4.38. The fraction of sp³-hybridized carbons (Fsp3) is 0.471. The van der Waals surface area contributed by atoms with E-state index < -0.39 is 0 Å². The highest BCUT2D eigenvalue weighted by Crippen LogP contribution is 2.27. The number of benzene rings is 1. The summed E-state index contributed by atoms with van der Waals surface area (Å²) >= 11 is 6.08. The molecule has 124 valence electrons. The van der Waals surface area contributed by atoms with Crippen LogP contribution in [0.2, 0.25) is 5.02 Å². The van der Waals surface area contributed by atoms with Crippen LogP contribution in [0.15, 0.2) is 24.4 Å². The molecule has 1 aromatic heterocycles. The number of halogens is 2. The number of piperazine rings is 1. The molecule has 1 aliphatic heterocycles. The Hall–Kier alpha value is -1.43. The van der Waals surface area contributed by atoms with Gasteiger partial charge in [0.05, 0.1) is 10.7 Å². The molecule has 0 bridgehead atoms. The van der Waals surface area contributed by atoms with E-state index in [1.165, 1.54) is 6.20 Å². The normalized spacial score (nSPS) is 18.3. The van der Waals surface area contributed by atoms with E-state index >= 15 is 0 Å². The second-order valence-electron chi connectivity index (χ2n) is 6.19. The molecule has 0 spiro atoms. The Balaban J connectivity index is 1.68. The van der Waals surface area contributed by atoms with Gasteiger partial charge in [-0.05, 0) is 32.2 Å². The highest BCUT2D eigenvalue weighted by Gasteiger charge is 2.19. The number of rotatable bonds is 4. The fourth-order valence-electron chi connectivity index (χ4n) is 2.94. The Labute approximate surface area is 141 Å². The van der Waals surface area contributed by atoms with Crippen molar-refractivity contribution < 1.29 is 4.39 Å². The predicted molar refractivity (Wildman–Crippen MR) is 93.7 cm³/mol. The molecule has 23 heavy (non-hydrogen) atoms. The minimum Gasteiger partial charge on any atom is -0.381 e. The first-order valence-corrected chi connectivity index (χ1v) is 8.33. The molecule has 3 rings (SSSR count). The van der Waals surface area contributed by atoms with Gasteiger partial charge < -0.3 is 10.2 Å². The van der Waals surface area contributed by atoms with Gasteiger partial charge in [-0.25, -0.2) is 4.39 Å². The number of hydrogen-bond donors (Lipinski definition) is 1. The van der Waals surface area contributed by atoms with E-state index in [2.05, 4.69) is 34.1 Å². The Morgan fingerprint density at radius 1 is 1.26 bits per heavy atom. The Bertz CT molecular complexity index is 686. The maximum atomic E-state index is 14.6. The molecule has 0 aliphatic carbocycles. The average Bonchev–Trinajstić information content (AvgIpc) is 2.55. The number of hydrogen-bond acceptors (Lipinski definition) is 4. The molecule has 1 atom stereocenters. The van der Waals surface area contributed by atoms with Gasteiger partial charge in [-0.3, -0.25) is 9.88 Å². The first-order valence-electron chi connectivity index (χ1n) is 7.95. The summed E-state index contributed by atoms with van der Waals surface area (Å²) in [4.78, 5) is 8.87. The summed E-state index contributed by atoms with van der Waals surface area (Å²) in [7, 11) is 2.14. The van der Waals surface area contributed by atoms with E-state index in [4.69, 9.17) is 11.6 Å². The Kier molecular flexibility index (Phi) is 4.99. The summed E-state index contributed by atoms with van der Waals surface area (Å²) in [5.41, 5.74) is 0.794. The zero-order valence-electron chi connectivity index (χ0n) is 13.5. The van der Waals surface area contributed by atoms with Gasteiger partial charge in [0.15, 0.2) is 5.82 Å². The predicted octanol–water partition coefficient (Wildman–Crippen LogP) is 3.08. The molecule has 2 heterocycles. The summed E-state index contributed by atoms with van der Waals surface area (Å²) in [5.74, 6) is -0.337. The molecule has 1 N–H and O–H groups in total. The second kappa shape index (κ2) is 6.99. The van der Waals surface area contributed by atoms with E-state index in [-0.39, 0.29) is 5.82 Å². The molecule has 2 aromatic rings. The maximum Gasteiger partial charge on any atom is 0.172 e. The number of aromatic nitrogens is 1. The standard InChI is InChI=1S/C17H22ClFN4/c1-12(23-9-7-22(2)8-10-23)11-21-15-4-3-13-14(18)5-6-20-17(13)16(15)19/h3-6,12,21H,7-11H2,1-2H3. The molecule has 0 radical (unpaired) electrons. The SMILES string of the molecule is CC(CNc1ccc2c(Cl)ccnc2c1F)N1CCN(C)CC1. The van der Waals surface area contributed by atoms with Gasteiger partial charge in [-0.2, -0.15) is 0 Å². The first kappa shape index (κ1) is 16.4. The smallest absolute Gasteiger partial charge is 0.172 e. The molecule has 0 saturated carbocycles. The largest absolute Gasteiger partial charge is 0.381 e. The van der Waals surface area contributed by atoms with Crippen LogP contribution in [-0.2, 0) is 0 Å². The Morgan fingerprint density at radius 2 is 2.00 bits per heavy atom. The van der Waals surface area contributed by atoms with Crippen LogP contribution in [0.1, 0.15) is 6.92 Å². The van der Waals surface area contributed by atoms with Crippen molar-refractivity contribution in [3.05, 3.63) is 35.2 Å². The molecule has 0 amide bonds. The highest BCUT2D eigenvalue weighted by molar-refractivity contribution is 6.35. The summed E-state index contributed by atoms with van der Waals surface area (Å²) in [6.07, 6.45) is 1.53. The van der Waals surface area contributed by atoms with Crippen molar-refractivity contribution in [1.29, 1.82) is 0 Å². The van der Waals surface area contributed by atoms with Crippen molar-refractivity contribution in [3.63, 3.8) is 0 Å². The summed E-state index contributed by atoms with van der Waals surface area (Å²) in [6.45, 7) is 7.14. The van der Waals surface area contributed by atoms with Gasteiger partial charge in [-0.1, -0.05) is 11.6 Å². The molecule has 1 fully saturated rings. The summed E-state index contributed by atoms with van der Waals surface area (Å²) < 4.78 is 14.6. The average molecular weight is 337 g/mol. The van der Waals surface area contributed by atoms with Crippen LogP contribution in [0.25, 0.3) is 10.9 Å². The Morgan fingerprint density at radius 3 is 2.74 bits per heavy atom. The number of pyridine rings is 1. The van der Waals surface area contributed by atoms with E-state index in [1.807, 2.05) is 6.07 Å².